The summed E-state index contributed by atoms with van der Waals surface area (Å²) in [6.07, 6.45) is 1.94. The van der Waals surface area contributed by atoms with Crippen LogP contribution in [0.4, 0.5) is 0 Å². The highest BCUT2D eigenvalue weighted by Gasteiger charge is 2.66. The first-order valence-electron chi connectivity index (χ1n) is 15.9. The summed E-state index contributed by atoms with van der Waals surface area (Å²) in [7, 11) is -13.8. The molecule has 0 fully saturated rings. The van der Waals surface area contributed by atoms with Crippen LogP contribution in [0, 0.1) is 0 Å². The molecule has 0 saturated heterocycles. The second-order valence-corrected chi connectivity index (χ2v) is 38.9. The molecule has 236 valence electrons. The van der Waals surface area contributed by atoms with Crippen molar-refractivity contribution in [2.24, 2.45) is 0 Å². The lowest BCUT2D eigenvalue weighted by Crippen LogP contribution is -2.71. The van der Waals surface area contributed by atoms with Gasteiger partial charge in [0.1, 0.15) is 0 Å². The maximum absolute atomic E-state index is 7.85. The van der Waals surface area contributed by atoms with Crippen LogP contribution in [0.5, 0.6) is 0 Å². The quantitative estimate of drug-likeness (QED) is 0.109. The minimum atomic E-state index is -3.76. The summed E-state index contributed by atoms with van der Waals surface area (Å²) in [6, 6.07) is 0. The molecule has 0 aliphatic carbocycles. The Kier molecular flexibility index (Phi) is 15.8. The highest BCUT2D eigenvalue weighted by atomic mass is 35.6. The van der Waals surface area contributed by atoms with Gasteiger partial charge in [0, 0.05) is 0 Å². The van der Waals surface area contributed by atoms with Crippen molar-refractivity contribution in [2.45, 2.75) is 188 Å². The van der Waals surface area contributed by atoms with E-state index >= 15 is 0 Å². The molecule has 0 aliphatic heterocycles. The second-order valence-electron chi connectivity index (χ2n) is 15.0. The highest BCUT2D eigenvalue weighted by Crippen LogP contribution is 2.52. The first kappa shape index (κ1) is 40.2. The predicted octanol–water partition coefficient (Wildman–Crippen LogP) is 12.0. The average Bonchev–Trinajstić information content (AvgIpc) is 2.77. The van der Waals surface area contributed by atoms with Crippen molar-refractivity contribution >= 4 is 52.7 Å². The van der Waals surface area contributed by atoms with Crippen molar-refractivity contribution in [3.8, 4) is 0 Å². The Morgan fingerprint density at radius 3 is 0.897 bits per heavy atom. The number of rotatable bonds is 18. The van der Waals surface area contributed by atoms with Gasteiger partial charge in [-0.3, -0.25) is 0 Å². The number of halogens is 1. The van der Waals surface area contributed by atoms with Crippen molar-refractivity contribution in [1.29, 1.82) is 0 Å². The van der Waals surface area contributed by atoms with Crippen LogP contribution in [0.15, 0.2) is 0 Å². The van der Waals surface area contributed by atoms with Crippen molar-refractivity contribution in [1.82, 2.24) is 0 Å². The van der Waals surface area contributed by atoms with Crippen molar-refractivity contribution in [3.63, 3.8) is 0 Å². The van der Waals surface area contributed by atoms with Gasteiger partial charge in [0.05, 0.1) is 0 Å². The maximum Gasteiger partial charge on any atom is 0.637 e. The molecule has 2 atom stereocenters. The minimum Gasteiger partial charge on any atom is -0.396 e. The van der Waals surface area contributed by atoms with Crippen LogP contribution in [-0.4, -0.2) is 41.6 Å². The zero-order valence-corrected chi connectivity index (χ0v) is 35.3. The van der Waals surface area contributed by atoms with Crippen LogP contribution >= 0.6 is 11.1 Å². The Morgan fingerprint density at radius 2 is 0.718 bits per heavy atom. The Balaban J connectivity index is 7.93. The summed E-state index contributed by atoms with van der Waals surface area (Å²) < 4.78 is 30.6. The Hall–Kier alpha value is 1.21. The zero-order chi connectivity index (χ0) is 31.4. The number of hydrogen-bond donors (Lipinski definition) is 0. The Labute approximate surface area is 255 Å². The number of hydrogen-bond acceptors (Lipinski definition) is 4. The van der Waals surface area contributed by atoms with Gasteiger partial charge in [-0.2, -0.15) is 0 Å². The van der Waals surface area contributed by atoms with E-state index in [0.29, 0.717) is 33.2 Å². The zero-order valence-electron chi connectivity index (χ0n) is 29.5. The van der Waals surface area contributed by atoms with E-state index in [4.69, 9.17) is 27.5 Å². The summed E-state index contributed by atoms with van der Waals surface area (Å²) in [5.74, 6) is 0. The van der Waals surface area contributed by atoms with Gasteiger partial charge in [0.25, 0.3) is 7.63 Å². The first-order chi connectivity index (χ1) is 17.5. The van der Waals surface area contributed by atoms with Crippen LogP contribution in [-0.2, 0) is 16.5 Å². The fourth-order valence-electron chi connectivity index (χ4n) is 7.08. The van der Waals surface area contributed by atoms with Crippen molar-refractivity contribution < 1.29 is 16.5 Å². The van der Waals surface area contributed by atoms with Crippen molar-refractivity contribution in [2.75, 3.05) is 0 Å². The molecule has 0 spiro atoms. The lowest BCUT2D eigenvalue weighted by atomic mass is 10.4. The summed E-state index contributed by atoms with van der Waals surface area (Å²) in [4.78, 5) is 0. The molecule has 0 rings (SSSR count). The van der Waals surface area contributed by atoms with Gasteiger partial charge >= 0.3 is 9.05 Å². The smallest absolute Gasteiger partial charge is 0.396 e. The molecular formula is C29H69ClO4Si5. The topological polar surface area (TPSA) is 36.9 Å². The molecule has 2 unspecified atom stereocenters. The average molecular weight is 658 g/mol. The van der Waals surface area contributed by atoms with Gasteiger partial charge in [-0.25, -0.2) is 0 Å². The van der Waals surface area contributed by atoms with Gasteiger partial charge in [0.15, 0.2) is 25.0 Å². The third kappa shape index (κ3) is 9.11. The van der Waals surface area contributed by atoms with E-state index in [-0.39, 0.29) is 11.1 Å². The second kappa shape index (κ2) is 15.3. The Morgan fingerprint density at radius 1 is 0.462 bits per heavy atom. The Bertz CT molecular complexity index is 637. The maximum atomic E-state index is 7.85. The highest BCUT2D eigenvalue weighted by molar-refractivity contribution is 7.20. The van der Waals surface area contributed by atoms with Crippen molar-refractivity contribution in [3.05, 3.63) is 0 Å². The fourth-order valence-corrected chi connectivity index (χ4v) is 37.4. The molecule has 0 N–H and O–H groups in total. The predicted molar refractivity (Wildman–Crippen MR) is 187 cm³/mol. The summed E-state index contributed by atoms with van der Waals surface area (Å²) >= 11 is 7.85. The molecule has 0 aliphatic rings. The minimum absolute atomic E-state index is 0.250. The van der Waals surface area contributed by atoms with Gasteiger partial charge in [-0.05, 0) is 64.0 Å². The molecule has 4 nitrogen and oxygen atoms in total. The molecule has 0 saturated carbocycles. The van der Waals surface area contributed by atoms with E-state index in [0.717, 1.165) is 12.8 Å². The molecule has 0 aromatic carbocycles. The summed E-state index contributed by atoms with van der Waals surface area (Å²) in [5.41, 5.74) is 2.80. The molecule has 39 heavy (non-hydrogen) atoms. The van der Waals surface area contributed by atoms with E-state index in [2.05, 4.69) is 130 Å². The molecule has 0 heterocycles. The largest absolute Gasteiger partial charge is 0.637 e. The first-order valence-corrected chi connectivity index (χ1v) is 28.3. The third-order valence-corrected chi connectivity index (χ3v) is 37.1. The van der Waals surface area contributed by atoms with E-state index < -0.39 is 41.6 Å². The van der Waals surface area contributed by atoms with Crippen LogP contribution in [0.25, 0.3) is 0 Å². The van der Waals surface area contributed by atoms with Gasteiger partial charge in [-0.15, -0.1) is 11.1 Å². The molecule has 0 aromatic heterocycles. The van der Waals surface area contributed by atoms with Crippen LogP contribution in [0.2, 0.25) is 64.0 Å². The molecule has 0 bridgehead atoms. The van der Waals surface area contributed by atoms with Gasteiger partial charge in [-0.1, -0.05) is 124 Å². The lowest BCUT2D eigenvalue weighted by Gasteiger charge is -2.54. The van der Waals surface area contributed by atoms with Gasteiger partial charge in [0.2, 0.25) is 0 Å². The van der Waals surface area contributed by atoms with Gasteiger partial charge < -0.3 is 16.5 Å². The summed E-state index contributed by atoms with van der Waals surface area (Å²) in [5, 5.41) is 0. The molecule has 10 heteroatoms. The lowest BCUT2D eigenvalue weighted by molar-refractivity contribution is 0.132. The van der Waals surface area contributed by atoms with Crippen LogP contribution in [0.1, 0.15) is 124 Å². The summed E-state index contributed by atoms with van der Waals surface area (Å²) in [6.45, 7) is 43.8. The monoisotopic (exact) mass is 656 g/mol. The molecular weight excluding hydrogens is 588 g/mol. The SMILES string of the molecule is CCC(C)[Si](Cl)(O[Si](O[Si](C)(C)C)(O[Si](C(C)C)(C(C)C)C(C)C)O[Si](C(C)C)(C(C)C)C(C)C)C(C)CC. The van der Waals surface area contributed by atoms with Crippen LogP contribution < -0.4 is 0 Å². The van der Waals surface area contributed by atoms with E-state index in [1.807, 2.05) is 0 Å². The fraction of sp³-hybridized carbons (Fsp3) is 1.00. The standard InChI is InChI=1S/C29H69ClO4Si5/c1-20-28(15)38(30,29(16)21-2)34-39(31-35(17,18)19,32-36(22(3)4,23(5)6)24(7)8)33-37(25(9)10,26(11)12)27(13)14/h22-29H,20-21H2,1-19H3. The van der Waals surface area contributed by atoms with E-state index in [1.165, 1.54) is 0 Å². The van der Waals surface area contributed by atoms with E-state index in [9.17, 15) is 0 Å². The normalized spacial score (nSPS) is 17.7. The molecule has 0 aromatic rings. The third-order valence-electron chi connectivity index (χ3n) is 9.30. The van der Waals surface area contributed by atoms with Crippen LogP contribution in [0.3, 0.4) is 0 Å². The molecule has 0 radical (unpaired) electrons. The molecule has 0 amide bonds. The van der Waals surface area contributed by atoms with E-state index in [1.54, 1.807) is 0 Å².